The lowest BCUT2D eigenvalue weighted by Crippen LogP contribution is -2.12. The minimum atomic E-state index is -1.07. The topological polar surface area (TPSA) is 131 Å². The van der Waals surface area contributed by atoms with E-state index in [2.05, 4.69) is 30.6 Å². The Hall–Kier alpha value is -2.68. The van der Waals surface area contributed by atoms with Crippen molar-refractivity contribution in [3.63, 3.8) is 0 Å². The van der Waals surface area contributed by atoms with Crippen LogP contribution in [0.25, 0.3) is 11.0 Å². The van der Waals surface area contributed by atoms with E-state index in [1.54, 1.807) is 10.7 Å². The molecule has 0 aliphatic carbocycles. The molecule has 3 rings (SSSR count). The Morgan fingerprint density at radius 3 is 2.77 bits per heavy atom. The predicted molar refractivity (Wildman–Crippen MR) is 82.0 cm³/mol. The van der Waals surface area contributed by atoms with Gasteiger partial charge in [0, 0.05) is 17.8 Å². The molecular formula is C13H18N8O. The first-order chi connectivity index (χ1) is 10.5. The first-order valence-corrected chi connectivity index (χ1v) is 6.92. The van der Waals surface area contributed by atoms with Crippen molar-refractivity contribution in [2.45, 2.75) is 33.0 Å². The number of nitrogens with one attached hydrogen (secondary N) is 2. The molecule has 0 aromatic carbocycles. The molecule has 0 bridgehead atoms. The monoisotopic (exact) mass is 302 g/mol. The molecule has 1 unspecified atom stereocenters. The van der Waals surface area contributed by atoms with Crippen LogP contribution in [0.5, 0.6) is 0 Å². The summed E-state index contributed by atoms with van der Waals surface area (Å²) in [6, 6.07) is 1.86. The van der Waals surface area contributed by atoms with Crippen molar-refractivity contribution >= 4 is 22.7 Å². The summed E-state index contributed by atoms with van der Waals surface area (Å²) in [5.41, 5.74) is 7.80. The molecule has 3 aromatic heterocycles. The average Bonchev–Trinajstić information content (AvgIpc) is 3.03. The molecule has 3 heterocycles. The molecule has 0 radical (unpaired) electrons. The summed E-state index contributed by atoms with van der Waals surface area (Å²) >= 11 is 0. The van der Waals surface area contributed by atoms with Crippen molar-refractivity contribution < 1.29 is 5.11 Å². The van der Waals surface area contributed by atoms with Gasteiger partial charge in [0.1, 0.15) is 23.7 Å². The SMILES string of the molecule is Cc1cc(NC(O)c2nn(C(C)C)c3ncnc(N)c23)n[nH]1. The van der Waals surface area contributed by atoms with Gasteiger partial charge >= 0.3 is 0 Å². The number of fused-ring (bicyclic) bond motifs is 1. The Morgan fingerprint density at radius 2 is 2.14 bits per heavy atom. The van der Waals surface area contributed by atoms with Crippen LogP contribution >= 0.6 is 0 Å². The van der Waals surface area contributed by atoms with E-state index in [0.29, 0.717) is 22.5 Å². The maximum Gasteiger partial charge on any atom is 0.171 e. The molecule has 0 fully saturated rings. The zero-order valence-corrected chi connectivity index (χ0v) is 12.6. The normalized spacial score (nSPS) is 13.0. The fraction of sp³-hybridized carbons (Fsp3) is 0.385. The summed E-state index contributed by atoms with van der Waals surface area (Å²) in [5.74, 6) is 0.804. The molecule has 0 aliphatic heterocycles. The largest absolute Gasteiger partial charge is 0.383 e. The fourth-order valence-electron chi connectivity index (χ4n) is 2.27. The number of rotatable bonds is 4. The van der Waals surface area contributed by atoms with Crippen LogP contribution in [0.4, 0.5) is 11.6 Å². The quantitative estimate of drug-likeness (QED) is 0.531. The van der Waals surface area contributed by atoms with E-state index in [1.807, 2.05) is 20.8 Å². The summed E-state index contributed by atoms with van der Waals surface area (Å²) in [4.78, 5) is 8.21. The second-order valence-electron chi connectivity index (χ2n) is 5.36. The molecule has 116 valence electrons. The van der Waals surface area contributed by atoms with Gasteiger partial charge in [0.15, 0.2) is 11.9 Å². The number of nitrogens with two attached hydrogens (primary N) is 1. The Balaban J connectivity index is 2.06. The van der Waals surface area contributed by atoms with E-state index in [0.717, 1.165) is 5.69 Å². The first kappa shape index (κ1) is 14.3. The lowest BCUT2D eigenvalue weighted by molar-refractivity contribution is 0.202. The van der Waals surface area contributed by atoms with Crippen molar-refractivity contribution in [2.75, 3.05) is 11.1 Å². The minimum absolute atomic E-state index is 0.0744. The number of aliphatic hydroxyl groups is 1. The molecule has 0 spiro atoms. The second-order valence-corrected chi connectivity index (χ2v) is 5.36. The van der Waals surface area contributed by atoms with Gasteiger partial charge < -0.3 is 16.2 Å². The third-order valence-corrected chi connectivity index (χ3v) is 3.28. The molecule has 0 saturated carbocycles. The van der Waals surface area contributed by atoms with Gasteiger partial charge in [-0.15, -0.1) is 0 Å². The highest BCUT2D eigenvalue weighted by atomic mass is 16.3. The molecule has 1 atom stereocenters. The lowest BCUT2D eigenvalue weighted by atomic mass is 10.2. The maximum atomic E-state index is 10.4. The van der Waals surface area contributed by atoms with Crippen LogP contribution in [0.2, 0.25) is 0 Å². The number of nitrogen functional groups attached to an aromatic ring is 1. The van der Waals surface area contributed by atoms with E-state index < -0.39 is 6.23 Å². The number of aryl methyl sites for hydroxylation is 1. The predicted octanol–water partition coefficient (Wildman–Crippen LogP) is 1.12. The molecule has 9 nitrogen and oxygen atoms in total. The van der Waals surface area contributed by atoms with Crippen LogP contribution in [0, 0.1) is 6.92 Å². The smallest absolute Gasteiger partial charge is 0.171 e. The Bertz CT molecular complexity index is 806. The molecule has 9 heteroatoms. The van der Waals surface area contributed by atoms with E-state index in [4.69, 9.17) is 5.73 Å². The highest BCUT2D eigenvalue weighted by Crippen LogP contribution is 2.28. The van der Waals surface area contributed by atoms with Gasteiger partial charge in [0.05, 0.1) is 5.39 Å². The Morgan fingerprint density at radius 1 is 1.36 bits per heavy atom. The van der Waals surface area contributed by atoms with Crippen LogP contribution in [0.3, 0.4) is 0 Å². The maximum absolute atomic E-state index is 10.4. The number of anilines is 2. The number of aromatic nitrogens is 6. The summed E-state index contributed by atoms with van der Waals surface area (Å²) in [6.07, 6.45) is 0.317. The molecule has 3 aromatic rings. The third kappa shape index (κ3) is 2.35. The Labute approximate surface area is 126 Å². The standard InChI is InChI=1S/C13H18N8O/c1-6(2)21-12-9(11(14)15-5-16-12)10(20-21)13(22)17-8-4-7(3)18-19-8/h4-6,13,22H,1-3H3,(H2,14,15,16)(H2,17,18,19). The van der Waals surface area contributed by atoms with Crippen LogP contribution in [0.1, 0.15) is 37.5 Å². The van der Waals surface area contributed by atoms with Crippen LogP contribution in [-0.2, 0) is 0 Å². The van der Waals surface area contributed by atoms with Crippen molar-refractivity contribution in [1.29, 1.82) is 0 Å². The summed E-state index contributed by atoms with van der Waals surface area (Å²) in [7, 11) is 0. The number of H-pyrrole nitrogens is 1. The molecular weight excluding hydrogens is 284 g/mol. The molecule has 0 saturated heterocycles. The second kappa shape index (κ2) is 5.26. The van der Waals surface area contributed by atoms with Gasteiger partial charge in [-0.05, 0) is 20.8 Å². The number of aliphatic hydroxyl groups excluding tert-OH is 1. The molecule has 0 amide bonds. The molecule has 5 N–H and O–H groups in total. The fourth-order valence-corrected chi connectivity index (χ4v) is 2.27. The summed E-state index contributed by atoms with van der Waals surface area (Å²) in [6.45, 7) is 5.83. The molecule has 22 heavy (non-hydrogen) atoms. The van der Waals surface area contributed by atoms with Gasteiger partial charge in [-0.2, -0.15) is 10.2 Å². The summed E-state index contributed by atoms with van der Waals surface area (Å²) in [5, 5.41) is 25.1. The van der Waals surface area contributed by atoms with E-state index >= 15 is 0 Å². The van der Waals surface area contributed by atoms with Gasteiger partial charge in [0.25, 0.3) is 0 Å². The lowest BCUT2D eigenvalue weighted by Gasteiger charge is -2.10. The van der Waals surface area contributed by atoms with Crippen molar-refractivity contribution in [2.24, 2.45) is 0 Å². The van der Waals surface area contributed by atoms with Crippen LogP contribution in [0.15, 0.2) is 12.4 Å². The highest BCUT2D eigenvalue weighted by molar-refractivity contribution is 5.88. The van der Waals surface area contributed by atoms with Crippen molar-refractivity contribution in [1.82, 2.24) is 29.9 Å². The zero-order valence-electron chi connectivity index (χ0n) is 12.6. The first-order valence-electron chi connectivity index (χ1n) is 6.92. The van der Waals surface area contributed by atoms with E-state index in [-0.39, 0.29) is 11.9 Å². The third-order valence-electron chi connectivity index (χ3n) is 3.28. The zero-order chi connectivity index (χ0) is 15.9. The van der Waals surface area contributed by atoms with Crippen LogP contribution < -0.4 is 11.1 Å². The average molecular weight is 302 g/mol. The number of hydrogen-bond acceptors (Lipinski definition) is 7. The van der Waals surface area contributed by atoms with Crippen LogP contribution in [-0.4, -0.2) is 35.1 Å². The molecule has 0 aliphatic rings. The van der Waals surface area contributed by atoms with E-state index in [1.165, 1.54) is 6.33 Å². The van der Waals surface area contributed by atoms with Gasteiger partial charge in [-0.1, -0.05) is 0 Å². The van der Waals surface area contributed by atoms with E-state index in [9.17, 15) is 5.11 Å². The number of aromatic amines is 1. The van der Waals surface area contributed by atoms with Crippen molar-refractivity contribution in [3.8, 4) is 0 Å². The Kier molecular flexibility index (Phi) is 3.41. The van der Waals surface area contributed by atoms with Crippen molar-refractivity contribution in [3.05, 3.63) is 23.8 Å². The number of hydrogen-bond donors (Lipinski definition) is 4. The minimum Gasteiger partial charge on any atom is -0.383 e. The van der Waals surface area contributed by atoms with Gasteiger partial charge in [-0.3, -0.25) is 5.10 Å². The van der Waals surface area contributed by atoms with Gasteiger partial charge in [0.2, 0.25) is 0 Å². The number of nitrogens with zero attached hydrogens (tertiary/aromatic N) is 5. The highest BCUT2D eigenvalue weighted by Gasteiger charge is 2.22. The van der Waals surface area contributed by atoms with Gasteiger partial charge in [-0.25, -0.2) is 14.6 Å². The summed E-state index contributed by atoms with van der Waals surface area (Å²) < 4.78 is 1.71.